The summed E-state index contributed by atoms with van der Waals surface area (Å²) in [6, 6.07) is 18.1. The van der Waals surface area contributed by atoms with E-state index in [-0.39, 0.29) is 0 Å². The van der Waals surface area contributed by atoms with Crippen LogP contribution in [0.25, 0.3) is 16.2 Å². The van der Waals surface area contributed by atoms with Crippen LogP contribution in [0.4, 0.5) is 5.13 Å². The number of rotatable bonds is 5. The number of aromatic nitrogens is 3. The highest BCUT2D eigenvalue weighted by Gasteiger charge is 2.09. The van der Waals surface area contributed by atoms with Gasteiger partial charge in [-0.1, -0.05) is 53.8 Å². The van der Waals surface area contributed by atoms with Crippen molar-refractivity contribution in [3.8, 4) is 17.0 Å². The van der Waals surface area contributed by atoms with E-state index in [4.69, 9.17) is 4.74 Å². The van der Waals surface area contributed by atoms with Crippen LogP contribution in [-0.4, -0.2) is 21.7 Å². The maximum absolute atomic E-state index is 5.17. The molecule has 2 heterocycles. The van der Waals surface area contributed by atoms with Gasteiger partial charge in [0, 0.05) is 12.1 Å². The van der Waals surface area contributed by atoms with E-state index >= 15 is 0 Å². The fraction of sp³-hybridized carbons (Fsp3) is 0.111. The zero-order valence-electron chi connectivity index (χ0n) is 13.1. The molecule has 6 heteroatoms. The van der Waals surface area contributed by atoms with Crippen LogP contribution in [0.2, 0.25) is 0 Å². The largest absolute Gasteiger partial charge is 0.497 e. The van der Waals surface area contributed by atoms with Gasteiger partial charge in [-0.2, -0.15) is 0 Å². The van der Waals surface area contributed by atoms with Crippen LogP contribution in [-0.2, 0) is 6.54 Å². The standard InChI is InChI=1S/C18H16N4OS/c1-23-15-9-7-13(8-10-15)11-19-17-21-22-12-16(20-18(22)24-17)14-5-3-2-4-6-14/h2-10,12H,11H2,1H3,(H,19,21). The summed E-state index contributed by atoms with van der Waals surface area (Å²) in [4.78, 5) is 5.52. The quantitative estimate of drug-likeness (QED) is 0.597. The first-order valence-electron chi connectivity index (χ1n) is 7.60. The smallest absolute Gasteiger partial charge is 0.214 e. The molecule has 2 aromatic heterocycles. The molecule has 2 aromatic carbocycles. The van der Waals surface area contributed by atoms with E-state index in [0.29, 0.717) is 6.54 Å². The van der Waals surface area contributed by atoms with Gasteiger partial charge in [0.1, 0.15) is 5.75 Å². The minimum atomic E-state index is 0.714. The van der Waals surface area contributed by atoms with Crippen molar-refractivity contribution in [2.24, 2.45) is 0 Å². The van der Waals surface area contributed by atoms with Crippen molar-refractivity contribution >= 4 is 21.4 Å². The van der Waals surface area contributed by atoms with Gasteiger partial charge in [0.2, 0.25) is 10.1 Å². The molecular weight excluding hydrogens is 320 g/mol. The molecule has 0 atom stereocenters. The van der Waals surface area contributed by atoms with Gasteiger partial charge < -0.3 is 10.1 Å². The number of methoxy groups -OCH3 is 1. The molecule has 120 valence electrons. The fourth-order valence-electron chi connectivity index (χ4n) is 2.44. The lowest BCUT2D eigenvalue weighted by atomic mass is 10.2. The third-order valence-corrected chi connectivity index (χ3v) is 4.60. The molecule has 0 saturated heterocycles. The maximum atomic E-state index is 5.17. The van der Waals surface area contributed by atoms with Crippen molar-refractivity contribution in [2.45, 2.75) is 6.54 Å². The number of benzene rings is 2. The van der Waals surface area contributed by atoms with Gasteiger partial charge >= 0.3 is 0 Å². The summed E-state index contributed by atoms with van der Waals surface area (Å²) in [5, 5.41) is 8.74. The highest BCUT2D eigenvalue weighted by molar-refractivity contribution is 7.20. The Morgan fingerprint density at radius 3 is 2.58 bits per heavy atom. The first kappa shape index (κ1) is 14.7. The first-order chi connectivity index (χ1) is 11.8. The Balaban J connectivity index is 1.48. The molecule has 0 spiro atoms. The van der Waals surface area contributed by atoms with E-state index in [9.17, 15) is 0 Å². The van der Waals surface area contributed by atoms with Gasteiger partial charge in [0.05, 0.1) is 19.0 Å². The van der Waals surface area contributed by atoms with E-state index < -0.39 is 0 Å². The number of nitrogens with one attached hydrogen (secondary N) is 1. The van der Waals surface area contributed by atoms with Crippen molar-refractivity contribution in [3.63, 3.8) is 0 Å². The van der Waals surface area contributed by atoms with E-state index in [2.05, 4.69) is 27.5 Å². The van der Waals surface area contributed by atoms with E-state index in [0.717, 1.165) is 27.1 Å². The van der Waals surface area contributed by atoms with Crippen molar-refractivity contribution < 1.29 is 4.74 Å². The van der Waals surface area contributed by atoms with Crippen LogP contribution >= 0.6 is 11.3 Å². The molecule has 5 nitrogen and oxygen atoms in total. The third kappa shape index (κ3) is 2.96. The van der Waals surface area contributed by atoms with E-state index in [1.165, 1.54) is 5.56 Å². The molecule has 0 radical (unpaired) electrons. The Hall–Kier alpha value is -2.86. The Labute approximate surface area is 143 Å². The van der Waals surface area contributed by atoms with Gasteiger partial charge in [-0.25, -0.2) is 9.50 Å². The van der Waals surface area contributed by atoms with Gasteiger partial charge in [-0.3, -0.25) is 0 Å². The summed E-state index contributed by atoms with van der Waals surface area (Å²) >= 11 is 1.54. The minimum absolute atomic E-state index is 0.714. The molecule has 24 heavy (non-hydrogen) atoms. The predicted molar refractivity (Wildman–Crippen MR) is 96.6 cm³/mol. The summed E-state index contributed by atoms with van der Waals surface area (Å²) in [5.41, 5.74) is 3.22. The molecule has 0 amide bonds. The first-order valence-corrected chi connectivity index (χ1v) is 8.42. The van der Waals surface area contributed by atoms with Crippen LogP contribution < -0.4 is 10.1 Å². The fourth-order valence-corrected chi connectivity index (χ4v) is 3.22. The molecule has 4 aromatic rings. The lowest BCUT2D eigenvalue weighted by molar-refractivity contribution is 0.414. The topological polar surface area (TPSA) is 51.5 Å². The second-order valence-electron chi connectivity index (χ2n) is 5.33. The minimum Gasteiger partial charge on any atom is -0.497 e. The van der Waals surface area contributed by atoms with Gasteiger partial charge in [-0.15, -0.1) is 5.10 Å². The zero-order chi connectivity index (χ0) is 16.4. The lowest BCUT2D eigenvalue weighted by Crippen LogP contribution is -1.99. The Bertz CT molecular complexity index is 913. The number of ether oxygens (including phenoxy) is 1. The molecule has 1 N–H and O–H groups in total. The molecule has 0 fully saturated rings. The van der Waals surface area contributed by atoms with Crippen LogP contribution in [0.5, 0.6) is 5.75 Å². The SMILES string of the molecule is COc1ccc(CNc2nn3cc(-c4ccccc4)nc3s2)cc1. The van der Waals surface area contributed by atoms with Crippen LogP contribution in [0.1, 0.15) is 5.56 Å². The van der Waals surface area contributed by atoms with Crippen molar-refractivity contribution in [2.75, 3.05) is 12.4 Å². The van der Waals surface area contributed by atoms with Crippen molar-refractivity contribution in [1.82, 2.24) is 14.6 Å². The average molecular weight is 336 g/mol. The molecule has 0 aliphatic heterocycles. The molecule has 0 unspecified atom stereocenters. The lowest BCUT2D eigenvalue weighted by Gasteiger charge is -2.04. The van der Waals surface area contributed by atoms with Crippen molar-refractivity contribution in [3.05, 3.63) is 66.4 Å². The Kier molecular flexibility index (Phi) is 3.88. The summed E-state index contributed by atoms with van der Waals surface area (Å²) in [6.07, 6.45) is 1.96. The van der Waals surface area contributed by atoms with Crippen LogP contribution in [0, 0.1) is 0 Å². The number of hydrogen-bond acceptors (Lipinski definition) is 5. The normalized spacial score (nSPS) is 10.9. The summed E-state index contributed by atoms with van der Waals surface area (Å²) in [6.45, 7) is 0.714. The molecular formula is C18H16N4OS. The summed E-state index contributed by atoms with van der Waals surface area (Å²) in [5.74, 6) is 0.861. The Morgan fingerprint density at radius 1 is 1.08 bits per heavy atom. The van der Waals surface area contributed by atoms with Crippen molar-refractivity contribution in [1.29, 1.82) is 0 Å². The second kappa shape index (κ2) is 6.33. The molecule has 0 bridgehead atoms. The zero-order valence-corrected chi connectivity index (χ0v) is 14.0. The van der Waals surface area contributed by atoms with E-state index in [1.807, 2.05) is 53.2 Å². The number of anilines is 1. The Morgan fingerprint density at radius 2 is 1.88 bits per heavy atom. The predicted octanol–water partition coefficient (Wildman–Crippen LogP) is 4.08. The van der Waals surface area contributed by atoms with Gasteiger partial charge in [0.25, 0.3) is 0 Å². The highest BCUT2D eigenvalue weighted by Crippen LogP contribution is 2.24. The van der Waals surface area contributed by atoms with E-state index in [1.54, 1.807) is 18.4 Å². The highest BCUT2D eigenvalue weighted by atomic mass is 32.1. The number of hydrogen-bond donors (Lipinski definition) is 1. The molecule has 0 saturated carbocycles. The molecule has 0 aliphatic carbocycles. The average Bonchev–Trinajstić information content (AvgIpc) is 3.20. The summed E-state index contributed by atoms with van der Waals surface area (Å²) in [7, 11) is 1.67. The summed E-state index contributed by atoms with van der Waals surface area (Å²) < 4.78 is 6.99. The maximum Gasteiger partial charge on any atom is 0.214 e. The van der Waals surface area contributed by atoms with Crippen LogP contribution in [0.15, 0.2) is 60.8 Å². The van der Waals surface area contributed by atoms with Crippen LogP contribution in [0.3, 0.4) is 0 Å². The second-order valence-corrected chi connectivity index (χ2v) is 6.28. The van der Waals surface area contributed by atoms with Gasteiger partial charge in [0.15, 0.2) is 0 Å². The van der Waals surface area contributed by atoms with Gasteiger partial charge in [-0.05, 0) is 17.7 Å². The number of fused-ring (bicyclic) bond motifs is 1. The third-order valence-electron chi connectivity index (χ3n) is 3.72. The molecule has 4 rings (SSSR count). The number of nitrogens with zero attached hydrogens (tertiary/aromatic N) is 3. The number of imidazole rings is 1. The monoisotopic (exact) mass is 336 g/mol. The molecule has 0 aliphatic rings.